The summed E-state index contributed by atoms with van der Waals surface area (Å²) in [5, 5.41) is 7.71. The van der Waals surface area contributed by atoms with Crippen LogP contribution in [0.25, 0.3) is 110 Å². The maximum Gasteiger partial charge on any atom is 0.0491 e. The Labute approximate surface area is 357 Å². The number of hydrogen-bond acceptors (Lipinski definition) is 0. The Kier molecular flexibility index (Phi) is 9.36. The highest BCUT2D eigenvalue weighted by molar-refractivity contribution is 6.21. The molecule has 0 saturated carbocycles. The molecule has 11 rings (SSSR count). The van der Waals surface area contributed by atoms with E-state index in [1.165, 1.54) is 123 Å². The number of hydrogen-bond donors (Lipinski definition) is 0. The molecule has 1 heterocycles. The van der Waals surface area contributed by atoms with E-state index in [4.69, 9.17) is 0 Å². The predicted octanol–water partition coefficient (Wildman–Crippen LogP) is 16.9. The van der Waals surface area contributed by atoms with Gasteiger partial charge in [-0.2, -0.15) is 0 Å². The smallest absolute Gasteiger partial charge is 0.0491 e. The lowest BCUT2D eigenvalue weighted by Gasteiger charge is -2.18. The molecule has 0 N–H and O–H groups in total. The number of fused-ring (bicyclic) bond motifs is 5. The van der Waals surface area contributed by atoms with Gasteiger partial charge in [-0.15, -0.1) is 0 Å². The van der Waals surface area contributed by atoms with Gasteiger partial charge in [-0.25, -0.2) is 0 Å². The van der Waals surface area contributed by atoms with Crippen molar-refractivity contribution >= 4 is 43.4 Å². The molecule has 1 heteroatoms. The van der Waals surface area contributed by atoms with Crippen molar-refractivity contribution in [3.8, 4) is 66.8 Å². The minimum atomic E-state index is 1.05. The normalized spacial score (nSPS) is 11.6. The molecule has 0 bridgehead atoms. The Morgan fingerprint density at radius 3 is 1.05 bits per heavy atom. The summed E-state index contributed by atoms with van der Waals surface area (Å²) < 4.78 is 2.50. The third kappa shape index (κ3) is 6.60. The summed E-state index contributed by atoms with van der Waals surface area (Å²) in [5.74, 6) is 0. The van der Waals surface area contributed by atoms with E-state index >= 15 is 0 Å². The lowest BCUT2D eigenvalue weighted by Crippen LogP contribution is -1.96. The summed E-state index contributed by atoms with van der Waals surface area (Å²) in [7, 11) is 0. The highest BCUT2D eigenvalue weighted by Gasteiger charge is 2.17. The van der Waals surface area contributed by atoms with Crippen molar-refractivity contribution in [2.24, 2.45) is 0 Å². The van der Waals surface area contributed by atoms with E-state index < -0.39 is 0 Å². The molecule has 0 unspecified atom stereocenters. The minimum Gasteiger partial charge on any atom is -0.340 e. The fourth-order valence-corrected chi connectivity index (χ4v) is 9.54. The molecule has 0 spiro atoms. The zero-order chi connectivity index (χ0) is 40.7. The van der Waals surface area contributed by atoms with Gasteiger partial charge in [0.25, 0.3) is 0 Å². The van der Waals surface area contributed by atoms with E-state index in [1.807, 2.05) is 0 Å². The van der Waals surface area contributed by atoms with Gasteiger partial charge in [-0.3, -0.25) is 0 Å². The molecule has 61 heavy (non-hydrogen) atoms. The van der Waals surface area contributed by atoms with Crippen LogP contribution in [0.4, 0.5) is 0 Å². The van der Waals surface area contributed by atoms with Crippen LogP contribution in [0.5, 0.6) is 0 Å². The first kappa shape index (κ1) is 36.6. The Balaban J connectivity index is 0.905. The topological polar surface area (TPSA) is 4.93 Å². The minimum absolute atomic E-state index is 1.05. The van der Waals surface area contributed by atoms with Crippen molar-refractivity contribution in [3.05, 3.63) is 218 Å². The van der Waals surface area contributed by atoms with Crippen LogP contribution >= 0.6 is 0 Å². The molecule has 0 atom stereocenters. The SMILES string of the molecule is CCCCn1c2ccccc2c2cc(-c3ccc(-c4ccc(-c5c6ccccc6c(-c6ccc(-c7ccc(-c8ccccc8)cc7)cc6)c6ccccc56)cc4)cc3)ccc21. The number of unbranched alkanes of at least 4 members (excludes halogenated alkanes) is 1. The van der Waals surface area contributed by atoms with Gasteiger partial charge in [-0.1, -0.05) is 214 Å². The van der Waals surface area contributed by atoms with E-state index in [1.54, 1.807) is 0 Å². The van der Waals surface area contributed by atoms with Crippen molar-refractivity contribution < 1.29 is 0 Å². The van der Waals surface area contributed by atoms with Gasteiger partial charge in [0, 0.05) is 28.4 Å². The van der Waals surface area contributed by atoms with Crippen LogP contribution in [-0.2, 0) is 6.54 Å². The molecule has 0 aliphatic rings. The molecule has 0 aliphatic heterocycles. The number of rotatable bonds is 9. The van der Waals surface area contributed by atoms with Crippen molar-refractivity contribution in [1.29, 1.82) is 0 Å². The highest BCUT2D eigenvalue weighted by atomic mass is 15.0. The second-order valence-electron chi connectivity index (χ2n) is 16.3. The van der Waals surface area contributed by atoms with Crippen LogP contribution in [0.2, 0.25) is 0 Å². The number of aromatic nitrogens is 1. The first-order valence-corrected chi connectivity index (χ1v) is 21.6. The van der Waals surface area contributed by atoms with E-state index in [9.17, 15) is 0 Å². The molecule has 1 aromatic heterocycles. The maximum atomic E-state index is 2.50. The number of benzene rings is 10. The van der Waals surface area contributed by atoms with Gasteiger partial charge < -0.3 is 4.57 Å². The summed E-state index contributed by atoms with van der Waals surface area (Å²) in [6, 6.07) is 80.5. The summed E-state index contributed by atoms with van der Waals surface area (Å²) in [4.78, 5) is 0. The van der Waals surface area contributed by atoms with E-state index in [0.717, 1.165) is 6.54 Å². The fourth-order valence-electron chi connectivity index (χ4n) is 9.54. The first-order chi connectivity index (χ1) is 30.2. The molecule has 0 amide bonds. The van der Waals surface area contributed by atoms with Crippen LogP contribution in [0.15, 0.2) is 218 Å². The van der Waals surface area contributed by atoms with Crippen molar-refractivity contribution in [2.75, 3.05) is 0 Å². The summed E-state index contributed by atoms with van der Waals surface area (Å²) in [6.45, 7) is 3.31. The van der Waals surface area contributed by atoms with Crippen molar-refractivity contribution in [2.45, 2.75) is 26.3 Å². The van der Waals surface area contributed by atoms with Crippen LogP contribution in [0.1, 0.15) is 19.8 Å². The highest BCUT2D eigenvalue weighted by Crippen LogP contribution is 2.44. The quantitative estimate of drug-likeness (QED) is 0.129. The summed E-state index contributed by atoms with van der Waals surface area (Å²) in [6.07, 6.45) is 2.37. The second kappa shape index (κ2) is 15.6. The van der Waals surface area contributed by atoms with Crippen molar-refractivity contribution in [3.63, 3.8) is 0 Å². The van der Waals surface area contributed by atoms with Gasteiger partial charge in [0.2, 0.25) is 0 Å². The Morgan fingerprint density at radius 1 is 0.279 bits per heavy atom. The monoisotopic (exact) mass is 779 g/mol. The van der Waals surface area contributed by atoms with Crippen molar-refractivity contribution in [1.82, 2.24) is 4.57 Å². The largest absolute Gasteiger partial charge is 0.340 e. The third-order valence-corrected chi connectivity index (χ3v) is 12.7. The van der Waals surface area contributed by atoms with Gasteiger partial charge in [0.1, 0.15) is 0 Å². The number of para-hydroxylation sites is 1. The van der Waals surface area contributed by atoms with Gasteiger partial charge in [0.05, 0.1) is 0 Å². The lowest BCUT2D eigenvalue weighted by molar-refractivity contribution is 0.665. The second-order valence-corrected chi connectivity index (χ2v) is 16.3. The molecule has 0 aliphatic carbocycles. The lowest BCUT2D eigenvalue weighted by atomic mass is 9.85. The Hall–Kier alpha value is -7.48. The van der Waals surface area contributed by atoms with E-state index in [2.05, 4.69) is 230 Å². The molecule has 1 nitrogen and oxygen atoms in total. The van der Waals surface area contributed by atoms with E-state index in [-0.39, 0.29) is 0 Å². The average Bonchev–Trinajstić information content (AvgIpc) is 3.65. The van der Waals surface area contributed by atoms with Gasteiger partial charge >= 0.3 is 0 Å². The summed E-state index contributed by atoms with van der Waals surface area (Å²) in [5.41, 5.74) is 17.5. The van der Waals surface area contributed by atoms with E-state index in [0.29, 0.717) is 0 Å². The molecule has 0 saturated heterocycles. The Bertz CT molecular complexity index is 3280. The zero-order valence-electron chi connectivity index (χ0n) is 34.4. The molecular formula is C60H45N. The first-order valence-electron chi connectivity index (χ1n) is 21.6. The molecule has 0 fully saturated rings. The van der Waals surface area contributed by atoms with Crippen LogP contribution in [0, 0.1) is 0 Å². The zero-order valence-corrected chi connectivity index (χ0v) is 34.4. The number of nitrogens with zero attached hydrogens (tertiary/aromatic N) is 1. The molecular weight excluding hydrogens is 735 g/mol. The maximum absolute atomic E-state index is 2.50. The molecule has 11 aromatic rings. The molecule has 290 valence electrons. The van der Waals surface area contributed by atoms with Crippen LogP contribution in [-0.4, -0.2) is 4.57 Å². The summed E-state index contributed by atoms with van der Waals surface area (Å²) >= 11 is 0. The standard InChI is InChI=1S/C60H45N/c1-2-3-39-61-57-20-12-11-15-51(57)56-40-50(37-38-58(56)61)47-27-25-44(26-28-47)46-31-35-49(36-32-46)60-54-18-9-7-16-52(54)59(53-17-8-10-19-55(53)60)48-33-29-45(30-34-48)43-23-21-42(22-24-43)41-13-5-4-6-14-41/h4-38,40H,2-3,39H2,1H3. The van der Waals surface area contributed by atoms with Gasteiger partial charge in [-0.05, 0) is 113 Å². The van der Waals surface area contributed by atoms with Gasteiger partial charge in [0.15, 0.2) is 0 Å². The fraction of sp³-hybridized carbons (Fsp3) is 0.0667. The number of aryl methyl sites for hydroxylation is 1. The third-order valence-electron chi connectivity index (χ3n) is 12.7. The molecule has 0 radical (unpaired) electrons. The van der Waals surface area contributed by atoms with Crippen LogP contribution in [0.3, 0.4) is 0 Å². The Morgan fingerprint density at radius 2 is 0.607 bits per heavy atom. The molecule has 10 aromatic carbocycles. The van der Waals surface area contributed by atoms with Crippen LogP contribution < -0.4 is 0 Å². The predicted molar refractivity (Wildman–Crippen MR) is 262 cm³/mol. The average molecular weight is 780 g/mol.